The number of nitrogens with zero attached hydrogens (tertiary/aromatic N) is 1. The highest BCUT2D eigenvalue weighted by Gasteiger charge is 2.25. The van der Waals surface area contributed by atoms with Crippen molar-refractivity contribution in [2.75, 3.05) is 17.6 Å². The first-order chi connectivity index (χ1) is 8.09. The number of aromatic nitrogens is 1. The van der Waals surface area contributed by atoms with Crippen molar-refractivity contribution in [3.63, 3.8) is 0 Å². The number of hydrogen-bond donors (Lipinski definition) is 3. The molecule has 1 aromatic heterocycles. The van der Waals surface area contributed by atoms with E-state index in [1.165, 1.54) is 0 Å². The smallest absolute Gasteiger partial charge is 0.140 e. The molecule has 0 radical (unpaired) electrons. The average molecular weight is 300 g/mol. The molecule has 1 aliphatic rings. The minimum atomic E-state index is -0.170. The third kappa shape index (κ3) is 2.72. The fourth-order valence-electron chi connectivity index (χ4n) is 2.20. The summed E-state index contributed by atoms with van der Waals surface area (Å²) in [5.74, 6) is 1.14. The van der Waals surface area contributed by atoms with Crippen LogP contribution in [-0.2, 0) is 0 Å². The molecule has 17 heavy (non-hydrogen) atoms. The summed E-state index contributed by atoms with van der Waals surface area (Å²) in [6.45, 7) is 2.72. The second-order valence-electron chi connectivity index (χ2n) is 4.64. The first-order valence-corrected chi connectivity index (χ1v) is 6.71. The minimum absolute atomic E-state index is 0.170. The maximum Gasteiger partial charge on any atom is 0.140 e. The molecule has 4 nitrogen and oxygen atoms in total. The zero-order valence-electron chi connectivity index (χ0n) is 9.91. The lowest BCUT2D eigenvalue weighted by Crippen LogP contribution is -2.22. The molecule has 1 saturated carbocycles. The Morgan fingerprint density at radius 2 is 2.35 bits per heavy atom. The third-order valence-electron chi connectivity index (χ3n) is 3.45. The van der Waals surface area contributed by atoms with Crippen LogP contribution in [0.2, 0.25) is 0 Å². The van der Waals surface area contributed by atoms with E-state index in [1.807, 2.05) is 6.92 Å². The van der Waals surface area contributed by atoms with Crippen LogP contribution >= 0.6 is 15.9 Å². The van der Waals surface area contributed by atoms with Crippen LogP contribution in [0.3, 0.4) is 0 Å². The lowest BCUT2D eigenvalue weighted by atomic mass is 10.1. The SMILES string of the molecule is Cc1c(N)cnc(NCC2CCCC2O)c1Br. The Hall–Kier alpha value is -0.810. The maximum atomic E-state index is 9.74. The van der Waals surface area contributed by atoms with Gasteiger partial charge >= 0.3 is 0 Å². The molecule has 1 fully saturated rings. The highest BCUT2D eigenvalue weighted by molar-refractivity contribution is 9.10. The molecule has 1 aliphatic carbocycles. The van der Waals surface area contributed by atoms with Crippen molar-refractivity contribution in [1.82, 2.24) is 4.98 Å². The Kier molecular flexibility index (Phi) is 3.89. The van der Waals surface area contributed by atoms with Crippen LogP contribution in [0, 0.1) is 12.8 Å². The van der Waals surface area contributed by atoms with Crippen LogP contribution in [0.25, 0.3) is 0 Å². The first kappa shape index (κ1) is 12.6. The molecule has 0 aromatic carbocycles. The first-order valence-electron chi connectivity index (χ1n) is 5.92. The number of nitrogens with two attached hydrogens (primary N) is 1. The number of nitrogen functional groups attached to an aromatic ring is 1. The van der Waals surface area contributed by atoms with E-state index in [0.717, 1.165) is 41.7 Å². The summed E-state index contributed by atoms with van der Waals surface area (Å²) in [7, 11) is 0. The Morgan fingerprint density at radius 1 is 1.59 bits per heavy atom. The van der Waals surface area contributed by atoms with Crippen LogP contribution in [-0.4, -0.2) is 22.7 Å². The summed E-state index contributed by atoms with van der Waals surface area (Å²) in [6.07, 6.45) is 4.61. The molecule has 2 unspecified atom stereocenters. The van der Waals surface area contributed by atoms with E-state index in [2.05, 4.69) is 26.2 Å². The normalized spacial score (nSPS) is 23.9. The highest BCUT2D eigenvalue weighted by atomic mass is 79.9. The monoisotopic (exact) mass is 299 g/mol. The van der Waals surface area contributed by atoms with Crippen molar-refractivity contribution < 1.29 is 5.11 Å². The van der Waals surface area contributed by atoms with Gasteiger partial charge in [-0.3, -0.25) is 0 Å². The number of nitrogens with one attached hydrogen (secondary N) is 1. The van der Waals surface area contributed by atoms with Crippen molar-refractivity contribution in [3.8, 4) is 0 Å². The lowest BCUT2D eigenvalue weighted by molar-refractivity contribution is 0.138. The van der Waals surface area contributed by atoms with E-state index in [0.29, 0.717) is 11.6 Å². The topological polar surface area (TPSA) is 71.2 Å². The minimum Gasteiger partial charge on any atom is -0.397 e. The molecule has 0 saturated heterocycles. The van der Waals surface area contributed by atoms with Crippen LogP contribution in [0.1, 0.15) is 24.8 Å². The van der Waals surface area contributed by atoms with Gasteiger partial charge in [0.25, 0.3) is 0 Å². The van der Waals surface area contributed by atoms with Crippen LogP contribution < -0.4 is 11.1 Å². The number of pyridine rings is 1. The molecule has 2 atom stereocenters. The van der Waals surface area contributed by atoms with Gasteiger partial charge in [0.1, 0.15) is 5.82 Å². The van der Waals surface area contributed by atoms with Crippen molar-refractivity contribution in [3.05, 3.63) is 16.2 Å². The van der Waals surface area contributed by atoms with Gasteiger partial charge in [-0.05, 0) is 41.3 Å². The highest BCUT2D eigenvalue weighted by Crippen LogP contribution is 2.30. The van der Waals surface area contributed by atoms with Gasteiger partial charge in [0.2, 0.25) is 0 Å². The largest absolute Gasteiger partial charge is 0.397 e. The predicted octanol–water partition coefficient (Wildman–Crippen LogP) is 2.31. The van der Waals surface area contributed by atoms with E-state index in [4.69, 9.17) is 5.73 Å². The average Bonchev–Trinajstić information content (AvgIpc) is 2.71. The fraction of sp³-hybridized carbons (Fsp3) is 0.583. The zero-order valence-corrected chi connectivity index (χ0v) is 11.5. The van der Waals surface area contributed by atoms with Gasteiger partial charge < -0.3 is 16.2 Å². The maximum absolute atomic E-state index is 9.74. The molecular weight excluding hydrogens is 282 g/mol. The Morgan fingerprint density at radius 3 is 3.00 bits per heavy atom. The second kappa shape index (κ2) is 5.23. The Bertz CT molecular complexity index is 411. The van der Waals surface area contributed by atoms with Crippen LogP contribution in [0.5, 0.6) is 0 Å². The molecule has 0 bridgehead atoms. The number of halogens is 1. The molecular formula is C12H18BrN3O. The quantitative estimate of drug-likeness (QED) is 0.801. The zero-order chi connectivity index (χ0) is 12.4. The van der Waals surface area contributed by atoms with Gasteiger partial charge in [-0.25, -0.2) is 4.98 Å². The lowest BCUT2D eigenvalue weighted by Gasteiger charge is -2.17. The van der Waals surface area contributed by atoms with Gasteiger partial charge in [0.05, 0.1) is 22.5 Å². The standard InChI is InChI=1S/C12H18BrN3O/c1-7-9(14)6-16-12(11(7)13)15-5-8-3-2-4-10(8)17/h6,8,10,17H,2-5,14H2,1H3,(H,15,16). The molecule has 0 spiro atoms. The molecule has 1 heterocycles. The summed E-state index contributed by atoms with van der Waals surface area (Å²) in [5.41, 5.74) is 7.45. The molecule has 5 heteroatoms. The molecule has 0 amide bonds. The Labute approximate surface area is 110 Å². The molecule has 4 N–H and O–H groups in total. The summed E-state index contributed by atoms with van der Waals surface area (Å²) < 4.78 is 0.907. The second-order valence-corrected chi connectivity index (χ2v) is 5.43. The Balaban J connectivity index is 2.02. The summed E-state index contributed by atoms with van der Waals surface area (Å²) in [4.78, 5) is 4.26. The molecule has 94 valence electrons. The summed E-state index contributed by atoms with van der Waals surface area (Å²) in [6, 6.07) is 0. The third-order valence-corrected chi connectivity index (χ3v) is 4.42. The van der Waals surface area contributed by atoms with E-state index < -0.39 is 0 Å². The van der Waals surface area contributed by atoms with Gasteiger partial charge in [-0.2, -0.15) is 0 Å². The van der Waals surface area contributed by atoms with Crippen LogP contribution in [0.4, 0.5) is 11.5 Å². The van der Waals surface area contributed by atoms with Crippen molar-refractivity contribution in [2.45, 2.75) is 32.3 Å². The van der Waals surface area contributed by atoms with Crippen LogP contribution in [0.15, 0.2) is 10.7 Å². The number of rotatable bonds is 3. The number of aliphatic hydroxyl groups is 1. The van der Waals surface area contributed by atoms with Gasteiger partial charge in [-0.1, -0.05) is 6.42 Å². The van der Waals surface area contributed by atoms with Crippen molar-refractivity contribution in [1.29, 1.82) is 0 Å². The van der Waals surface area contributed by atoms with E-state index >= 15 is 0 Å². The number of hydrogen-bond acceptors (Lipinski definition) is 4. The number of anilines is 2. The van der Waals surface area contributed by atoms with E-state index in [1.54, 1.807) is 6.20 Å². The van der Waals surface area contributed by atoms with E-state index in [-0.39, 0.29) is 6.10 Å². The van der Waals surface area contributed by atoms with Gasteiger partial charge in [0.15, 0.2) is 0 Å². The van der Waals surface area contributed by atoms with Crippen molar-refractivity contribution >= 4 is 27.4 Å². The number of aliphatic hydroxyl groups excluding tert-OH is 1. The van der Waals surface area contributed by atoms with Crippen molar-refractivity contribution in [2.24, 2.45) is 5.92 Å². The predicted molar refractivity (Wildman–Crippen MR) is 72.9 cm³/mol. The molecule has 0 aliphatic heterocycles. The van der Waals surface area contributed by atoms with Gasteiger partial charge in [0, 0.05) is 12.5 Å². The van der Waals surface area contributed by atoms with E-state index in [9.17, 15) is 5.11 Å². The molecule has 1 aromatic rings. The van der Waals surface area contributed by atoms with Gasteiger partial charge in [-0.15, -0.1) is 0 Å². The fourth-order valence-corrected chi connectivity index (χ4v) is 2.67. The summed E-state index contributed by atoms with van der Waals surface area (Å²) >= 11 is 3.49. The summed E-state index contributed by atoms with van der Waals surface area (Å²) in [5, 5.41) is 13.0. The molecule has 2 rings (SSSR count).